The molecule has 354 valence electrons. The Hall–Kier alpha value is -9.96. The number of furan rings is 1. The summed E-state index contributed by atoms with van der Waals surface area (Å²) < 4.78 is 6.97. The van der Waals surface area contributed by atoms with Gasteiger partial charge in [-0.2, -0.15) is 0 Å². The van der Waals surface area contributed by atoms with E-state index in [2.05, 4.69) is 289 Å². The topological polar surface area (TPSA) is 19.6 Å². The zero-order valence-corrected chi connectivity index (χ0v) is 41.4. The van der Waals surface area contributed by atoms with Crippen molar-refractivity contribution in [2.24, 2.45) is 0 Å². The smallest absolute Gasteiger partial charge is 0.143 e. The molecular weight excluding hydrogens is 921 g/mol. The van der Waals surface area contributed by atoms with Gasteiger partial charge in [-0.05, 0) is 127 Å². The van der Waals surface area contributed by atoms with E-state index in [9.17, 15) is 0 Å². The number of hydrogen-bond acceptors (Lipinski definition) is 3. The lowest BCUT2D eigenvalue weighted by Crippen LogP contribution is -2.29. The third kappa shape index (κ3) is 5.99. The van der Waals surface area contributed by atoms with E-state index >= 15 is 0 Å². The first-order chi connectivity index (χ1) is 37.7. The van der Waals surface area contributed by atoms with Gasteiger partial charge in [0.25, 0.3) is 0 Å². The third-order valence-electron chi connectivity index (χ3n) is 16.4. The number of fused-ring (bicyclic) bond motifs is 21. The van der Waals surface area contributed by atoms with E-state index in [1.54, 1.807) is 0 Å². The standard InChI is InChI=1S/C73H46N2O/c1-3-20-47(21-4-1)48-38-40-50(41-39-48)74(68-36-19-32-59-54-26-9-8-25-53(54)57-29-13-17-35-67(57)75(71(59)68)49-22-5-2-6-23-49)51-42-44-65-62(46-51)55-27-10-7-24-52(55)56-28-11-15-33-63(56)73(65)64-34-16-12-31-61(64)70-66(73)45-43-60-58-30-14-18-37-69(58)76-72(60)70/h1-46H. The molecule has 0 radical (unpaired) electrons. The molecule has 1 unspecified atom stereocenters. The van der Waals surface area contributed by atoms with Gasteiger partial charge in [0.15, 0.2) is 0 Å². The highest BCUT2D eigenvalue weighted by Gasteiger charge is 2.51. The zero-order valence-electron chi connectivity index (χ0n) is 41.4. The molecule has 2 aliphatic carbocycles. The average molecular weight is 967 g/mol. The van der Waals surface area contributed by atoms with Crippen LogP contribution in [0.3, 0.4) is 0 Å². The highest BCUT2D eigenvalue weighted by molar-refractivity contribution is 6.14. The molecule has 0 amide bonds. The van der Waals surface area contributed by atoms with E-state index in [1.807, 2.05) is 0 Å². The van der Waals surface area contributed by atoms with Crippen molar-refractivity contribution in [1.29, 1.82) is 0 Å². The average Bonchev–Trinajstić information content (AvgIpc) is 4.06. The summed E-state index contributed by atoms with van der Waals surface area (Å²) in [5.41, 5.74) is 26.8. The fourth-order valence-electron chi connectivity index (χ4n) is 13.3. The van der Waals surface area contributed by atoms with Gasteiger partial charge >= 0.3 is 0 Å². The quantitative estimate of drug-likeness (QED) is 0.171. The molecule has 2 heterocycles. The van der Waals surface area contributed by atoms with Crippen LogP contribution < -0.4 is 9.80 Å². The lowest BCUT2D eigenvalue weighted by molar-refractivity contribution is 0.669. The van der Waals surface area contributed by atoms with Crippen molar-refractivity contribution < 1.29 is 4.42 Å². The normalized spacial score (nSPS) is 14.3. The van der Waals surface area contributed by atoms with Crippen molar-refractivity contribution in [1.82, 2.24) is 0 Å². The van der Waals surface area contributed by atoms with Crippen LogP contribution in [0.25, 0.3) is 88.7 Å². The van der Waals surface area contributed by atoms with Crippen LogP contribution in [0.2, 0.25) is 0 Å². The fraction of sp³-hybridized carbons (Fsp3) is 0.0137. The highest BCUT2D eigenvalue weighted by Crippen LogP contribution is 2.64. The summed E-state index contributed by atoms with van der Waals surface area (Å²) in [7, 11) is 0. The summed E-state index contributed by atoms with van der Waals surface area (Å²) in [6.07, 6.45) is 0. The Balaban J connectivity index is 1.01. The van der Waals surface area contributed by atoms with Gasteiger partial charge in [0.1, 0.15) is 11.2 Å². The molecule has 76 heavy (non-hydrogen) atoms. The second-order valence-corrected chi connectivity index (χ2v) is 20.2. The van der Waals surface area contributed by atoms with Crippen LogP contribution in [0.15, 0.2) is 283 Å². The van der Waals surface area contributed by atoms with Crippen molar-refractivity contribution in [3.8, 4) is 66.8 Å². The molecule has 0 saturated heterocycles. The molecule has 1 atom stereocenters. The largest absolute Gasteiger partial charge is 0.455 e. The maximum atomic E-state index is 6.97. The van der Waals surface area contributed by atoms with Crippen LogP contribution in [-0.2, 0) is 5.41 Å². The minimum Gasteiger partial charge on any atom is -0.455 e. The SMILES string of the molecule is c1ccc(-c2ccc(N(c3ccc4c(c3)-c3ccccc3-c3ccccc3C43c4ccccc4-c4c3ccc3c4oc4ccccc43)c3cccc4c3N(c3ccccc3)c3ccccc3-c3ccccc3-4)cc2)cc1. The molecule has 1 spiro atoms. The third-order valence-corrected chi connectivity index (χ3v) is 16.4. The van der Waals surface area contributed by atoms with Gasteiger partial charge in [0, 0.05) is 44.5 Å². The Morgan fingerprint density at radius 1 is 0.329 bits per heavy atom. The van der Waals surface area contributed by atoms with Gasteiger partial charge in [-0.1, -0.05) is 224 Å². The molecule has 3 aliphatic rings. The number of hydrogen-bond donors (Lipinski definition) is 0. The van der Waals surface area contributed by atoms with Gasteiger partial charge in [0.2, 0.25) is 0 Å². The number of nitrogens with zero attached hydrogens (tertiary/aromatic N) is 2. The molecule has 1 aromatic heterocycles. The molecule has 12 aromatic carbocycles. The molecule has 3 heteroatoms. The van der Waals surface area contributed by atoms with Crippen LogP contribution in [0.4, 0.5) is 34.1 Å². The van der Waals surface area contributed by atoms with E-state index in [-0.39, 0.29) is 0 Å². The van der Waals surface area contributed by atoms with Crippen LogP contribution in [0.5, 0.6) is 0 Å². The van der Waals surface area contributed by atoms with Crippen molar-refractivity contribution in [3.05, 3.63) is 301 Å². The van der Waals surface area contributed by atoms with Gasteiger partial charge in [-0.3, -0.25) is 0 Å². The predicted octanol–water partition coefficient (Wildman–Crippen LogP) is 19.9. The molecule has 0 fully saturated rings. The first-order valence-electron chi connectivity index (χ1n) is 26.2. The first kappa shape index (κ1) is 42.5. The van der Waals surface area contributed by atoms with Gasteiger partial charge in [-0.15, -0.1) is 0 Å². The summed E-state index contributed by atoms with van der Waals surface area (Å²) in [4.78, 5) is 4.99. The molecule has 3 nitrogen and oxygen atoms in total. The molecule has 0 saturated carbocycles. The van der Waals surface area contributed by atoms with Crippen molar-refractivity contribution >= 4 is 56.1 Å². The van der Waals surface area contributed by atoms with Gasteiger partial charge in [-0.25, -0.2) is 0 Å². The Kier molecular flexibility index (Phi) is 9.25. The molecule has 16 rings (SSSR count). The van der Waals surface area contributed by atoms with E-state index < -0.39 is 5.41 Å². The summed E-state index contributed by atoms with van der Waals surface area (Å²) in [5.74, 6) is 0. The van der Waals surface area contributed by atoms with E-state index in [1.165, 1.54) is 72.3 Å². The number of anilines is 6. The monoisotopic (exact) mass is 966 g/mol. The number of rotatable bonds is 5. The van der Waals surface area contributed by atoms with E-state index in [0.717, 1.165) is 72.8 Å². The Labute approximate surface area is 441 Å². The predicted molar refractivity (Wildman–Crippen MR) is 315 cm³/mol. The molecule has 0 bridgehead atoms. The van der Waals surface area contributed by atoms with Crippen molar-refractivity contribution in [2.45, 2.75) is 5.41 Å². The minimum atomic E-state index is -0.702. The molecular formula is C73H46N2O. The summed E-state index contributed by atoms with van der Waals surface area (Å²) in [6, 6.07) is 103. The summed E-state index contributed by atoms with van der Waals surface area (Å²) in [5, 5.41) is 2.26. The summed E-state index contributed by atoms with van der Waals surface area (Å²) in [6.45, 7) is 0. The minimum absolute atomic E-state index is 0.702. The summed E-state index contributed by atoms with van der Waals surface area (Å²) >= 11 is 0. The number of benzene rings is 12. The second-order valence-electron chi connectivity index (χ2n) is 20.2. The van der Waals surface area contributed by atoms with Crippen LogP contribution in [-0.4, -0.2) is 0 Å². The maximum Gasteiger partial charge on any atom is 0.143 e. The van der Waals surface area contributed by atoms with Gasteiger partial charge in [0.05, 0.1) is 22.5 Å². The first-order valence-corrected chi connectivity index (χ1v) is 26.2. The van der Waals surface area contributed by atoms with Crippen LogP contribution in [0.1, 0.15) is 22.3 Å². The molecule has 0 N–H and O–H groups in total. The molecule has 13 aromatic rings. The fourth-order valence-corrected chi connectivity index (χ4v) is 13.3. The van der Waals surface area contributed by atoms with E-state index in [0.29, 0.717) is 0 Å². The highest BCUT2D eigenvalue weighted by atomic mass is 16.3. The number of para-hydroxylation sites is 4. The maximum absolute atomic E-state index is 6.97. The van der Waals surface area contributed by atoms with Gasteiger partial charge < -0.3 is 14.2 Å². The zero-order chi connectivity index (χ0) is 49.9. The van der Waals surface area contributed by atoms with Crippen molar-refractivity contribution in [3.63, 3.8) is 0 Å². The van der Waals surface area contributed by atoms with Crippen LogP contribution in [0, 0.1) is 0 Å². The Bertz CT molecular complexity index is 4480. The molecule has 1 aliphatic heterocycles. The second kappa shape index (κ2) is 16.5. The Morgan fingerprint density at radius 2 is 0.855 bits per heavy atom. The lowest BCUT2D eigenvalue weighted by atomic mass is 9.66. The Morgan fingerprint density at radius 3 is 1.62 bits per heavy atom. The lowest BCUT2D eigenvalue weighted by Gasteiger charge is -2.37. The van der Waals surface area contributed by atoms with Crippen molar-refractivity contribution in [2.75, 3.05) is 9.80 Å². The van der Waals surface area contributed by atoms with E-state index in [4.69, 9.17) is 4.42 Å². The van der Waals surface area contributed by atoms with Crippen LogP contribution >= 0.6 is 0 Å².